The Bertz CT molecular complexity index is 1150. The summed E-state index contributed by atoms with van der Waals surface area (Å²) in [6.45, 7) is 0.0186. The highest BCUT2D eigenvalue weighted by molar-refractivity contribution is 6.10. The number of esters is 1. The molecule has 0 unspecified atom stereocenters. The van der Waals surface area contributed by atoms with Gasteiger partial charge in [0.2, 0.25) is 0 Å². The number of hydrogen-bond donors (Lipinski definition) is 0. The summed E-state index contributed by atoms with van der Waals surface area (Å²) in [4.78, 5) is 12.9. The van der Waals surface area contributed by atoms with E-state index in [9.17, 15) is 4.79 Å². The monoisotopic (exact) mass is 408 g/mol. The summed E-state index contributed by atoms with van der Waals surface area (Å²) in [5.41, 5.74) is 2.29. The SMILES string of the molecule is COc1cc(OC)cc(-c2coc3cc(OC)cc(C(=O)OCc4ccco4)c23)c1. The Morgan fingerprint density at radius 3 is 2.23 bits per heavy atom. The lowest BCUT2D eigenvalue weighted by atomic mass is 10.00. The van der Waals surface area contributed by atoms with Crippen LogP contribution in [0.4, 0.5) is 0 Å². The molecule has 0 bridgehead atoms. The van der Waals surface area contributed by atoms with Crippen molar-refractivity contribution in [2.45, 2.75) is 6.61 Å². The minimum atomic E-state index is -0.521. The molecule has 2 aromatic heterocycles. The van der Waals surface area contributed by atoms with Crippen LogP contribution in [0.1, 0.15) is 16.1 Å². The van der Waals surface area contributed by atoms with E-state index >= 15 is 0 Å². The number of benzene rings is 2. The van der Waals surface area contributed by atoms with Crippen LogP contribution in [0.5, 0.6) is 17.2 Å². The molecule has 4 aromatic rings. The molecule has 0 aliphatic heterocycles. The lowest BCUT2D eigenvalue weighted by molar-refractivity contribution is 0.0447. The van der Waals surface area contributed by atoms with Gasteiger partial charge in [0.1, 0.15) is 35.2 Å². The van der Waals surface area contributed by atoms with Crippen molar-refractivity contribution in [3.63, 3.8) is 0 Å². The Hall–Kier alpha value is -3.87. The Morgan fingerprint density at radius 2 is 1.60 bits per heavy atom. The molecular formula is C23H20O7. The van der Waals surface area contributed by atoms with E-state index in [1.54, 1.807) is 50.8 Å². The fourth-order valence-electron chi connectivity index (χ4n) is 3.21. The molecule has 7 heteroatoms. The first kappa shape index (κ1) is 19.4. The van der Waals surface area contributed by atoms with Gasteiger partial charge in [-0.05, 0) is 35.9 Å². The fraction of sp³-hybridized carbons (Fsp3) is 0.174. The molecule has 4 rings (SSSR count). The molecule has 154 valence electrons. The summed E-state index contributed by atoms with van der Waals surface area (Å²) in [7, 11) is 4.68. The van der Waals surface area contributed by atoms with Crippen molar-refractivity contribution in [1.29, 1.82) is 0 Å². The van der Waals surface area contributed by atoms with Crippen molar-refractivity contribution in [3.05, 3.63) is 66.3 Å². The molecule has 0 aliphatic carbocycles. The number of fused-ring (bicyclic) bond motifs is 1. The van der Waals surface area contributed by atoms with Crippen LogP contribution < -0.4 is 14.2 Å². The van der Waals surface area contributed by atoms with Crippen LogP contribution >= 0.6 is 0 Å². The maximum atomic E-state index is 12.9. The van der Waals surface area contributed by atoms with Gasteiger partial charge in [-0.25, -0.2) is 4.79 Å². The molecule has 2 aromatic carbocycles. The van der Waals surface area contributed by atoms with Gasteiger partial charge < -0.3 is 27.8 Å². The lowest BCUT2D eigenvalue weighted by Crippen LogP contribution is -2.06. The number of methoxy groups -OCH3 is 3. The average molecular weight is 408 g/mol. The third-order valence-electron chi connectivity index (χ3n) is 4.69. The molecule has 30 heavy (non-hydrogen) atoms. The molecule has 0 saturated carbocycles. The molecular weight excluding hydrogens is 388 g/mol. The molecule has 0 fully saturated rings. The van der Waals surface area contributed by atoms with Gasteiger partial charge in [0.05, 0.1) is 39.4 Å². The van der Waals surface area contributed by atoms with Gasteiger partial charge in [-0.15, -0.1) is 0 Å². The zero-order chi connectivity index (χ0) is 21.1. The van der Waals surface area contributed by atoms with Gasteiger partial charge in [0, 0.05) is 23.1 Å². The minimum absolute atomic E-state index is 0.0186. The second-order valence-electron chi connectivity index (χ2n) is 6.45. The van der Waals surface area contributed by atoms with E-state index in [0.717, 1.165) is 5.56 Å². The van der Waals surface area contributed by atoms with Gasteiger partial charge in [-0.2, -0.15) is 0 Å². The molecule has 0 N–H and O–H groups in total. The largest absolute Gasteiger partial charge is 0.497 e. The predicted molar refractivity (Wildman–Crippen MR) is 109 cm³/mol. The Kier molecular flexibility index (Phi) is 5.34. The Balaban J connectivity index is 1.81. The summed E-state index contributed by atoms with van der Waals surface area (Å²) in [6.07, 6.45) is 3.11. The van der Waals surface area contributed by atoms with E-state index in [2.05, 4.69) is 0 Å². The third kappa shape index (κ3) is 3.69. The van der Waals surface area contributed by atoms with Crippen molar-refractivity contribution in [2.24, 2.45) is 0 Å². The zero-order valence-electron chi connectivity index (χ0n) is 16.8. The van der Waals surface area contributed by atoms with Crippen LogP contribution in [0.3, 0.4) is 0 Å². The second-order valence-corrected chi connectivity index (χ2v) is 6.45. The van der Waals surface area contributed by atoms with Gasteiger partial charge in [-0.3, -0.25) is 0 Å². The van der Waals surface area contributed by atoms with Gasteiger partial charge >= 0.3 is 5.97 Å². The van der Waals surface area contributed by atoms with E-state index in [4.69, 9.17) is 27.8 Å². The van der Waals surface area contributed by atoms with Crippen LogP contribution in [-0.4, -0.2) is 27.3 Å². The minimum Gasteiger partial charge on any atom is -0.497 e. The summed E-state index contributed by atoms with van der Waals surface area (Å²) in [5.74, 6) is 1.75. The number of rotatable bonds is 7. The first-order valence-electron chi connectivity index (χ1n) is 9.15. The lowest BCUT2D eigenvalue weighted by Gasteiger charge is -2.10. The number of carbonyl (C=O) groups excluding carboxylic acids is 1. The first-order valence-corrected chi connectivity index (χ1v) is 9.15. The molecule has 0 amide bonds. The Morgan fingerprint density at radius 1 is 0.900 bits per heavy atom. The number of carbonyl (C=O) groups is 1. The molecule has 0 spiro atoms. The predicted octanol–water partition coefficient (Wildman–Crippen LogP) is 5.08. The highest BCUT2D eigenvalue weighted by Gasteiger charge is 2.21. The normalized spacial score (nSPS) is 10.8. The van der Waals surface area contributed by atoms with Crippen molar-refractivity contribution >= 4 is 16.9 Å². The quantitative estimate of drug-likeness (QED) is 0.395. The molecule has 2 heterocycles. The van der Waals surface area contributed by atoms with Crippen LogP contribution in [0, 0.1) is 0 Å². The summed E-state index contributed by atoms with van der Waals surface area (Å²) in [6, 6.07) is 12.3. The van der Waals surface area contributed by atoms with Crippen LogP contribution in [0.15, 0.2) is 63.8 Å². The highest BCUT2D eigenvalue weighted by Crippen LogP contribution is 2.39. The molecule has 7 nitrogen and oxygen atoms in total. The van der Waals surface area contributed by atoms with E-state index in [-0.39, 0.29) is 6.61 Å². The van der Waals surface area contributed by atoms with Crippen LogP contribution in [0.2, 0.25) is 0 Å². The van der Waals surface area contributed by atoms with Crippen molar-refractivity contribution < 1.29 is 32.6 Å². The summed E-state index contributed by atoms with van der Waals surface area (Å²) >= 11 is 0. The summed E-state index contributed by atoms with van der Waals surface area (Å²) in [5, 5.41) is 0.607. The zero-order valence-corrected chi connectivity index (χ0v) is 16.8. The van der Waals surface area contributed by atoms with E-state index < -0.39 is 5.97 Å². The highest BCUT2D eigenvalue weighted by atomic mass is 16.5. The van der Waals surface area contributed by atoms with E-state index in [1.165, 1.54) is 13.4 Å². The second kappa shape index (κ2) is 8.24. The molecule has 0 radical (unpaired) electrons. The van der Waals surface area contributed by atoms with Crippen molar-refractivity contribution in [3.8, 4) is 28.4 Å². The maximum absolute atomic E-state index is 12.9. The maximum Gasteiger partial charge on any atom is 0.339 e. The first-order chi connectivity index (χ1) is 14.6. The van der Waals surface area contributed by atoms with Crippen LogP contribution in [-0.2, 0) is 11.3 Å². The summed E-state index contributed by atoms with van der Waals surface area (Å²) < 4.78 is 32.5. The van der Waals surface area contributed by atoms with Crippen molar-refractivity contribution in [2.75, 3.05) is 21.3 Å². The van der Waals surface area contributed by atoms with Gasteiger partial charge in [0.15, 0.2) is 0 Å². The fourth-order valence-corrected chi connectivity index (χ4v) is 3.21. The number of furan rings is 2. The number of hydrogen-bond acceptors (Lipinski definition) is 7. The van der Waals surface area contributed by atoms with Crippen molar-refractivity contribution in [1.82, 2.24) is 0 Å². The average Bonchev–Trinajstić information content (AvgIpc) is 3.46. The molecule has 0 atom stereocenters. The standard InChI is InChI=1S/C23H20O7/c1-25-16-7-14(8-17(9-16)26-2)20-13-29-21-11-18(27-3)10-19(22(20)21)23(24)30-12-15-5-4-6-28-15/h4-11,13H,12H2,1-3H3. The van der Waals surface area contributed by atoms with E-state index in [1.807, 2.05) is 12.1 Å². The molecule has 0 aliphatic rings. The van der Waals surface area contributed by atoms with E-state index in [0.29, 0.717) is 45.1 Å². The van der Waals surface area contributed by atoms with Gasteiger partial charge in [0.25, 0.3) is 0 Å². The third-order valence-corrected chi connectivity index (χ3v) is 4.69. The molecule has 0 saturated heterocycles. The topological polar surface area (TPSA) is 80.3 Å². The van der Waals surface area contributed by atoms with Gasteiger partial charge in [-0.1, -0.05) is 0 Å². The number of ether oxygens (including phenoxy) is 4. The van der Waals surface area contributed by atoms with Crippen LogP contribution in [0.25, 0.3) is 22.1 Å². The smallest absolute Gasteiger partial charge is 0.339 e. The Labute approximate surface area is 172 Å².